The molecular formula is C6H8FNS. The summed E-state index contributed by atoms with van der Waals surface area (Å²) >= 11 is 1.52. The Morgan fingerprint density at radius 3 is 3.00 bits per heavy atom. The summed E-state index contributed by atoms with van der Waals surface area (Å²) in [6.45, 7) is 1.63. The van der Waals surface area contributed by atoms with Gasteiger partial charge in [0.15, 0.2) is 0 Å². The molecule has 1 heterocycles. The molecule has 0 unspecified atom stereocenters. The van der Waals surface area contributed by atoms with Crippen molar-refractivity contribution in [2.75, 3.05) is 6.67 Å². The summed E-state index contributed by atoms with van der Waals surface area (Å²) in [5, 5.41) is 0. The van der Waals surface area contributed by atoms with Crippen LogP contribution in [0.1, 0.15) is 10.6 Å². The van der Waals surface area contributed by atoms with E-state index < -0.39 is 0 Å². The summed E-state index contributed by atoms with van der Waals surface area (Å²) in [5.41, 5.74) is 2.72. The predicted octanol–water partition coefficient (Wildman–Crippen LogP) is 1.96. The molecule has 0 fully saturated rings. The van der Waals surface area contributed by atoms with Crippen LogP contribution >= 0.6 is 11.3 Å². The highest BCUT2D eigenvalue weighted by Crippen LogP contribution is 2.12. The van der Waals surface area contributed by atoms with E-state index in [9.17, 15) is 4.39 Å². The van der Waals surface area contributed by atoms with Gasteiger partial charge < -0.3 is 0 Å². The molecule has 3 heteroatoms. The van der Waals surface area contributed by atoms with Crippen LogP contribution in [0.2, 0.25) is 0 Å². The highest BCUT2D eigenvalue weighted by Gasteiger charge is 1.98. The molecule has 0 aliphatic carbocycles. The molecule has 0 aliphatic rings. The van der Waals surface area contributed by atoms with Gasteiger partial charge in [-0.3, -0.25) is 4.39 Å². The summed E-state index contributed by atoms with van der Waals surface area (Å²) < 4.78 is 11.7. The van der Waals surface area contributed by atoms with Gasteiger partial charge in [-0.15, -0.1) is 11.3 Å². The molecule has 0 saturated carbocycles. The Balaban J connectivity index is 2.69. The Bertz CT molecular complexity index is 185. The first kappa shape index (κ1) is 6.68. The molecule has 0 amide bonds. The highest BCUT2D eigenvalue weighted by molar-refractivity contribution is 7.09. The van der Waals surface area contributed by atoms with E-state index in [-0.39, 0.29) is 6.67 Å². The zero-order valence-corrected chi connectivity index (χ0v) is 6.04. The van der Waals surface area contributed by atoms with Gasteiger partial charge in [0.2, 0.25) is 0 Å². The minimum absolute atomic E-state index is 0.275. The van der Waals surface area contributed by atoms with Gasteiger partial charge in [-0.25, -0.2) is 4.98 Å². The number of thiazole rings is 1. The van der Waals surface area contributed by atoms with Gasteiger partial charge in [0.05, 0.1) is 17.9 Å². The fourth-order valence-corrected chi connectivity index (χ4v) is 1.41. The van der Waals surface area contributed by atoms with Gasteiger partial charge in [-0.05, 0) is 6.92 Å². The lowest BCUT2D eigenvalue weighted by molar-refractivity contribution is 0.497. The zero-order valence-electron chi connectivity index (χ0n) is 5.22. The maximum Gasteiger partial charge on any atom is 0.0943 e. The molecule has 1 rings (SSSR count). The van der Waals surface area contributed by atoms with E-state index in [1.165, 1.54) is 11.3 Å². The number of aromatic nitrogens is 1. The number of nitrogens with zero attached hydrogens (tertiary/aromatic N) is 1. The minimum Gasteiger partial charge on any atom is -0.251 e. The zero-order chi connectivity index (χ0) is 6.69. The molecule has 1 aromatic heterocycles. The van der Waals surface area contributed by atoms with Gasteiger partial charge in [0.1, 0.15) is 0 Å². The first-order valence-corrected chi connectivity index (χ1v) is 3.67. The Morgan fingerprint density at radius 1 is 1.78 bits per heavy atom. The summed E-state index contributed by atoms with van der Waals surface area (Å²) in [7, 11) is 0. The van der Waals surface area contributed by atoms with Gasteiger partial charge in [-0.1, -0.05) is 0 Å². The second-order valence-corrected chi connectivity index (χ2v) is 2.74. The molecule has 1 nitrogen and oxygen atoms in total. The molecule has 1 aromatic rings. The third kappa shape index (κ3) is 1.48. The van der Waals surface area contributed by atoms with Crippen molar-refractivity contribution in [3.63, 3.8) is 0 Å². The molecule has 50 valence electrons. The van der Waals surface area contributed by atoms with Crippen LogP contribution in [0.25, 0.3) is 0 Å². The molecular weight excluding hydrogens is 137 g/mol. The van der Waals surface area contributed by atoms with E-state index in [4.69, 9.17) is 0 Å². The number of halogens is 1. The van der Waals surface area contributed by atoms with Gasteiger partial charge in [0, 0.05) is 11.3 Å². The number of hydrogen-bond donors (Lipinski definition) is 0. The second kappa shape index (κ2) is 2.92. The van der Waals surface area contributed by atoms with Gasteiger partial charge in [0.25, 0.3) is 0 Å². The number of aryl methyl sites for hydroxylation is 2. The van der Waals surface area contributed by atoms with E-state index in [1.807, 2.05) is 6.92 Å². The fraction of sp³-hybridized carbons (Fsp3) is 0.500. The van der Waals surface area contributed by atoms with E-state index in [2.05, 4.69) is 4.98 Å². The van der Waals surface area contributed by atoms with Gasteiger partial charge in [-0.2, -0.15) is 0 Å². The molecule has 0 bridgehead atoms. The Morgan fingerprint density at radius 2 is 2.56 bits per heavy atom. The van der Waals surface area contributed by atoms with Crippen molar-refractivity contribution in [3.05, 3.63) is 16.1 Å². The van der Waals surface area contributed by atoms with Crippen LogP contribution in [0, 0.1) is 6.92 Å². The number of hydrogen-bond acceptors (Lipinski definition) is 2. The van der Waals surface area contributed by atoms with Crippen molar-refractivity contribution in [1.29, 1.82) is 0 Å². The third-order valence-electron chi connectivity index (χ3n) is 1.17. The largest absolute Gasteiger partial charge is 0.251 e. The van der Waals surface area contributed by atoms with Crippen LogP contribution in [-0.2, 0) is 6.42 Å². The number of rotatable bonds is 2. The Hall–Kier alpha value is -0.440. The lowest BCUT2D eigenvalue weighted by Gasteiger charge is -1.88. The van der Waals surface area contributed by atoms with Crippen LogP contribution in [0.4, 0.5) is 4.39 Å². The first-order valence-electron chi connectivity index (χ1n) is 2.79. The summed E-state index contributed by atoms with van der Waals surface area (Å²) in [4.78, 5) is 5.05. The summed E-state index contributed by atoms with van der Waals surface area (Å²) in [6, 6.07) is 0. The molecule has 0 aliphatic heterocycles. The van der Waals surface area contributed by atoms with Crippen LogP contribution in [-0.4, -0.2) is 11.7 Å². The maximum atomic E-state index is 11.7. The molecule has 0 atom stereocenters. The molecule has 9 heavy (non-hydrogen) atoms. The smallest absolute Gasteiger partial charge is 0.0943 e. The van der Waals surface area contributed by atoms with Crippen molar-refractivity contribution in [2.24, 2.45) is 0 Å². The Kier molecular flexibility index (Phi) is 2.16. The van der Waals surface area contributed by atoms with Crippen molar-refractivity contribution < 1.29 is 4.39 Å². The maximum absolute atomic E-state index is 11.7. The van der Waals surface area contributed by atoms with E-state index in [0.29, 0.717) is 6.42 Å². The second-order valence-electron chi connectivity index (χ2n) is 1.80. The van der Waals surface area contributed by atoms with Crippen molar-refractivity contribution in [3.8, 4) is 0 Å². The quantitative estimate of drug-likeness (QED) is 0.620. The normalized spacial score (nSPS) is 10.0. The van der Waals surface area contributed by atoms with Crippen LogP contribution < -0.4 is 0 Å². The van der Waals surface area contributed by atoms with Crippen LogP contribution in [0.5, 0.6) is 0 Å². The average molecular weight is 145 g/mol. The minimum atomic E-state index is -0.275. The summed E-state index contributed by atoms with van der Waals surface area (Å²) in [5.74, 6) is 0. The molecule has 0 radical (unpaired) electrons. The molecule has 0 N–H and O–H groups in total. The third-order valence-corrected chi connectivity index (χ3v) is 2.16. The van der Waals surface area contributed by atoms with Crippen molar-refractivity contribution >= 4 is 11.3 Å². The first-order chi connectivity index (χ1) is 4.34. The molecule has 0 spiro atoms. The number of alkyl halides is 1. The standard InChI is InChI=1S/C6H8FNS/c1-5-6(2-3-7)9-4-8-5/h4H,2-3H2,1H3. The van der Waals surface area contributed by atoms with Crippen molar-refractivity contribution in [2.45, 2.75) is 13.3 Å². The summed E-state index contributed by atoms with van der Waals surface area (Å²) in [6.07, 6.45) is 0.524. The average Bonchev–Trinajstić information content (AvgIpc) is 2.18. The lowest BCUT2D eigenvalue weighted by atomic mass is 10.3. The topological polar surface area (TPSA) is 12.9 Å². The Labute approximate surface area is 57.6 Å². The van der Waals surface area contributed by atoms with Crippen LogP contribution in [0.3, 0.4) is 0 Å². The van der Waals surface area contributed by atoms with E-state index >= 15 is 0 Å². The monoisotopic (exact) mass is 145 g/mol. The van der Waals surface area contributed by atoms with Gasteiger partial charge >= 0.3 is 0 Å². The van der Waals surface area contributed by atoms with E-state index in [1.54, 1.807) is 5.51 Å². The fourth-order valence-electron chi connectivity index (χ4n) is 0.652. The lowest BCUT2D eigenvalue weighted by Crippen LogP contribution is -1.84. The SMILES string of the molecule is Cc1ncsc1CCF. The van der Waals surface area contributed by atoms with Crippen LogP contribution in [0.15, 0.2) is 5.51 Å². The highest BCUT2D eigenvalue weighted by atomic mass is 32.1. The predicted molar refractivity (Wildman–Crippen MR) is 36.5 cm³/mol. The van der Waals surface area contributed by atoms with Crippen molar-refractivity contribution in [1.82, 2.24) is 4.98 Å². The molecule has 0 saturated heterocycles. The molecule has 0 aromatic carbocycles. The van der Waals surface area contributed by atoms with E-state index in [0.717, 1.165) is 10.6 Å².